The molecule has 112 valence electrons. The number of nitrogens with two attached hydrogens (primary N) is 1. The van der Waals surface area contributed by atoms with E-state index < -0.39 is 10.0 Å². The summed E-state index contributed by atoms with van der Waals surface area (Å²) in [6, 6.07) is 3.98. The Morgan fingerprint density at radius 1 is 1.40 bits per heavy atom. The quantitative estimate of drug-likeness (QED) is 0.640. The van der Waals surface area contributed by atoms with E-state index in [9.17, 15) is 13.5 Å². The number of sulfonamides is 1. The van der Waals surface area contributed by atoms with Crippen molar-refractivity contribution in [2.45, 2.75) is 17.7 Å². The highest BCUT2D eigenvalue weighted by molar-refractivity contribution is 7.89. The number of phenols is 1. The Bertz CT molecular complexity index is 566. The number of anilines is 1. The van der Waals surface area contributed by atoms with E-state index in [1.807, 2.05) is 0 Å². The lowest BCUT2D eigenvalue weighted by atomic mass is 9.99. The maximum absolute atomic E-state index is 12.5. The molecule has 1 saturated heterocycles. The third-order valence-electron chi connectivity index (χ3n) is 3.61. The minimum Gasteiger partial charge on any atom is -0.506 e. The lowest BCUT2D eigenvalue weighted by molar-refractivity contribution is 0.121. The molecule has 6 nitrogen and oxygen atoms in total. The average Bonchev–Trinajstić information content (AvgIpc) is 2.43. The summed E-state index contributed by atoms with van der Waals surface area (Å²) in [5, 5.41) is 9.37. The second-order valence-electron chi connectivity index (χ2n) is 5.02. The van der Waals surface area contributed by atoms with Gasteiger partial charge in [0, 0.05) is 26.8 Å². The monoisotopic (exact) mass is 300 g/mol. The molecule has 3 N–H and O–H groups in total. The average molecular weight is 300 g/mol. The van der Waals surface area contributed by atoms with Gasteiger partial charge >= 0.3 is 0 Å². The van der Waals surface area contributed by atoms with Crippen LogP contribution >= 0.6 is 0 Å². The Balaban J connectivity index is 2.13. The predicted molar refractivity (Wildman–Crippen MR) is 75.9 cm³/mol. The maximum atomic E-state index is 12.5. The number of nitrogens with zero attached hydrogens (tertiary/aromatic N) is 1. The van der Waals surface area contributed by atoms with E-state index in [1.165, 1.54) is 22.5 Å². The molecule has 2 rings (SSSR count). The fraction of sp³-hybridized carbons (Fsp3) is 0.538. The number of nitrogen functional groups attached to an aromatic ring is 1. The topological polar surface area (TPSA) is 92.9 Å². The number of piperidine rings is 1. The van der Waals surface area contributed by atoms with Crippen LogP contribution in [-0.2, 0) is 14.8 Å². The van der Waals surface area contributed by atoms with Gasteiger partial charge in [-0.2, -0.15) is 4.31 Å². The molecule has 7 heteroatoms. The zero-order chi connectivity index (χ0) is 14.8. The van der Waals surface area contributed by atoms with Crippen molar-refractivity contribution >= 4 is 15.7 Å². The number of hydrogen-bond acceptors (Lipinski definition) is 5. The Labute approximate surface area is 119 Å². The molecule has 20 heavy (non-hydrogen) atoms. The van der Waals surface area contributed by atoms with Crippen LogP contribution in [0.25, 0.3) is 0 Å². The Morgan fingerprint density at radius 2 is 2.05 bits per heavy atom. The standard InChI is InChI=1S/C13H20N2O4S/c1-19-9-10-4-6-15(7-5-10)20(17,18)11-2-3-13(16)12(14)8-11/h2-3,8,10,16H,4-7,9,14H2,1H3. The van der Waals surface area contributed by atoms with Crippen molar-refractivity contribution in [2.75, 3.05) is 32.5 Å². The fourth-order valence-electron chi connectivity index (χ4n) is 2.39. The van der Waals surface area contributed by atoms with Crippen molar-refractivity contribution in [3.8, 4) is 5.75 Å². The first-order valence-electron chi connectivity index (χ1n) is 6.52. The van der Waals surface area contributed by atoms with Gasteiger partial charge in [-0.3, -0.25) is 0 Å². The predicted octanol–water partition coefficient (Wildman–Crippen LogP) is 1.02. The molecule has 1 aromatic carbocycles. The van der Waals surface area contributed by atoms with Gasteiger partial charge in [-0.25, -0.2) is 8.42 Å². The van der Waals surface area contributed by atoms with Crippen LogP contribution in [0.2, 0.25) is 0 Å². The molecule has 0 bridgehead atoms. The van der Waals surface area contributed by atoms with Crippen molar-refractivity contribution in [1.29, 1.82) is 0 Å². The third-order valence-corrected chi connectivity index (χ3v) is 5.51. The zero-order valence-electron chi connectivity index (χ0n) is 11.4. The molecule has 0 atom stereocenters. The molecule has 1 aliphatic rings. The number of hydrogen-bond donors (Lipinski definition) is 2. The maximum Gasteiger partial charge on any atom is 0.243 e. The number of ether oxygens (including phenoxy) is 1. The van der Waals surface area contributed by atoms with Crippen molar-refractivity contribution in [2.24, 2.45) is 5.92 Å². The normalized spacial score (nSPS) is 18.2. The van der Waals surface area contributed by atoms with E-state index in [1.54, 1.807) is 7.11 Å². The summed E-state index contributed by atoms with van der Waals surface area (Å²) in [5.74, 6) is 0.305. The molecule has 0 aromatic heterocycles. The van der Waals surface area contributed by atoms with Gasteiger partial charge in [-0.05, 0) is 37.0 Å². The summed E-state index contributed by atoms with van der Waals surface area (Å²) in [5.41, 5.74) is 5.63. The number of methoxy groups -OCH3 is 1. The third kappa shape index (κ3) is 3.05. The molecule has 0 amide bonds. The summed E-state index contributed by atoms with van der Waals surface area (Å²) in [7, 11) is -1.88. The highest BCUT2D eigenvalue weighted by atomic mass is 32.2. The first-order valence-corrected chi connectivity index (χ1v) is 7.96. The highest BCUT2D eigenvalue weighted by Crippen LogP contribution is 2.28. The van der Waals surface area contributed by atoms with Gasteiger partial charge < -0.3 is 15.6 Å². The molecule has 1 fully saturated rings. The molecule has 0 radical (unpaired) electrons. The van der Waals surface area contributed by atoms with Gasteiger partial charge in [-0.15, -0.1) is 0 Å². The number of rotatable bonds is 4. The van der Waals surface area contributed by atoms with Crippen LogP contribution in [0, 0.1) is 5.92 Å². The summed E-state index contributed by atoms with van der Waals surface area (Å²) >= 11 is 0. The SMILES string of the molecule is COCC1CCN(S(=O)(=O)c2ccc(O)c(N)c2)CC1. The van der Waals surface area contributed by atoms with Crippen LogP contribution < -0.4 is 5.73 Å². The molecular weight excluding hydrogens is 280 g/mol. The number of phenolic OH excluding ortho intramolecular Hbond substituents is 1. The molecule has 0 unspecified atom stereocenters. The molecule has 1 aromatic rings. The van der Waals surface area contributed by atoms with Crippen LogP contribution in [0.1, 0.15) is 12.8 Å². The lowest BCUT2D eigenvalue weighted by Crippen LogP contribution is -2.39. The molecular formula is C13H20N2O4S. The summed E-state index contributed by atoms with van der Waals surface area (Å²) in [6.45, 7) is 1.63. The largest absolute Gasteiger partial charge is 0.506 e. The van der Waals surface area contributed by atoms with E-state index in [4.69, 9.17) is 10.5 Å². The van der Waals surface area contributed by atoms with Gasteiger partial charge in [-0.1, -0.05) is 0 Å². The highest BCUT2D eigenvalue weighted by Gasteiger charge is 2.29. The second kappa shape index (κ2) is 5.99. The van der Waals surface area contributed by atoms with Crippen LogP contribution in [0.3, 0.4) is 0 Å². The van der Waals surface area contributed by atoms with E-state index in [0.29, 0.717) is 25.6 Å². The van der Waals surface area contributed by atoms with E-state index >= 15 is 0 Å². The Kier molecular flexibility index (Phi) is 4.52. The summed E-state index contributed by atoms with van der Waals surface area (Å²) in [6.07, 6.45) is 1.58. The smallest absolute Gasteiger partial charge is 0.243 e. The van der Waals surface area contributed by atoms with Gasteiger partial charge in [0.25, 0.3) is 0 Å². The van der Waals surface area contributed by atoms with Crippen LogP contribution in [0.15, 0.2) is 23.1 Å². The minimum atomic E-state index is -3.54. The fourth-order valence-corrected chi connectivity index (χ4v) is 3.90. The van der Waals surface area contributed by atoms with Gasteiger partial charge in [0.2, 0.25) is 10.0 Å². The van der Waals surface area contributed by atoms with Crippen molar-refractivity contribution in [3.63, 3.8) is 0 Å². The van der Waals surface area contributed by atoms with Crippen LogP contribution in [0.4, 0.5) is 5.69 Å². The Morgan fingerprint density at radius 3 is 2.60 bits per heavy atom. The molecule has 1 aliphatic heterocycles. The molecule has 0 spiro atoms. The molecule has 1 heterocycles. The van der Waals surface area contributed by atoms with Crippen molar-refractivity contribution in [1.82, 2.24) is 4.31 Å². The molecule has 0 aliphatic carbocycles. The van der Waals surface area contributed by atoms with E-state index in [0.717, 1.165) is 12.8 Å². The number of aromatic hydroxyl groups is 1. The van der Waals surface area contributed by atoms with Crippen LogP contribution in [0.5, 0.6) is 5.75 Å². The second-order valence-corrected chi connectivity index (χ2v) is 6.96. The van der Waals surface area contributed by atoms with E-state index in [2.05, 4.69) is 0 Å². The summed E-state index contributed by atoms with van der Waals surface area (Å²) < 4.78 is 31.5. The number of benzene rings is 1. The minimum absolute atomic E-state index is 0.0698. The van der Waals surface area contributed by atoms with Gasteiger partial charge in [0.05, 0.1) is 10.6 Å². The zero-order valence-corrected chi connectivity index (χ0v) is 12.3. The van der Waals surface area contributed by atoms with Crippen LogP contribution in [-0.4, -0.2) is 44.6 Å². The Hall–Kier alpha value is -1.31. The van der Waals surface area contributed by atoms with Crippen molar-refractivity contribution in [3.05, 3.63) is 18.2 Å². The van der Waals surface area contributed by atoms with Crippen molar-refractivity contribution < 1.29 is 18.3 Å². The summed E-state index contributed by atoms with van der Waals surface area (Å²) in [4.78, 5) is 0.123. The van der Waals surface area contributed by atoms with Gasteiger partial charge in [0.1, 0.15) is 5.75 Å². The molecule has 0 saturated carbocycles. The first-order chi connectivity index (χ1) is 9.45. The van der Waals surface area contributed by atoms with Gasteiger partial charge in [0.15, 0.2) is 0 Å². The van der Waals surface area contributed by atoms with E-state index in [-0.39, 0.29) is 16.3 Å². The lowest BCUT2D eigenvalue weighted by Gasteiger charge is -2.30. The first kappa shape index (κ1) is 15.1.